The minimum atomic E-state index is -0.207. The average molecular weight is 341 g/mol. The Morgan fingerprint density at radius 2 is 1.83 bits per heavy atom. The molecule has 0 bridgehead atoms. The lowest BCUT2D eigenvalue weighted by atomic mass is 9.70. The van der Waals surface area contributed by atoms with Crippen molar-refractivity contribution in [2.45, 2.75) is 85.7 Å². The molecule has 0 saturated heterocycles. The van der Waals surface area contributed by atoms with Crippen LogP contribution in [0, 0.1) is 23.7 Å². The molecule has 0 heterocycles. The number of hydrogen-bond acceptors (Lipinski definition) is 4. The van der Waals surface area contributed by atoms with Gasteiger partial charge in [0.25, 0.3) is 0 Å². The SMILES string of the molecule is CCCC(CCC(=O)OCC)OC(=O)C1CC(C)CCC1C(C)C. The third kappa shape index (κ3) is 6.82. The van der Waals surface area contributed by atoms with Gasteiger partial charge < -0.3 is 9.47 Å². The van der Waals surface area contributed by atoms with E-state index in [1.165, 1.54) is 6.42 Å². The molecule has 4 atom stereocenters. The van der Waals surface area contributed by atoms with Gasteiger partial charge in [-0.3, -0.25) is 9.59 Å². The molecule has 1 fully saturated rings. The molecular formula is C20H36O4. The van der Waals surface area contributed by atoms with Crippen molar-refractivity contribution in [3.05, 3.63) is 0 Å². The summed E-state index contributed by atoms with van der Waals surface area (Å²) in [7, 11) is 0. The van der Waals surface area contributed by atoms with Crippen LogP contribution in [0.3, 0.4) is 0 Å². The minimum absolute atomic E-state index is 0.00991. The summed E-state index contributed by atoms with van der Waals surface area (Å²) in [4.78, 5) is 24.3. The first-order valence-electron chi connectivity index (χ1n) is 9.75. The average Bonchev–Trinajstić information content (AvgIpc) is 2.52. The van der Waals surface area contributed by atoms with Crippen molar-refractivity contribution in [3.63, 3.8) is 0 Å². The highest BCUT2D eigenvalue weighted by atomic mass is 16.5. The maximum Gasteiger partial charge on any atom is 0.309 e. The molecule has 1 saturated carbocycles. The van der Waals surface area contributed by atoms with Crippen LogP contribution < -0.4 is 0 Å². The molecule has 24 heavy (non-hydrogen) atoms. The Hall–Kier alpha value is -1.06. The van der Waals surface area contributed by atoms with Gasteiger partial charge in [0.2, 0.25) is 0 Å². The fraction of sp³-hybridized carbons (Fsp3) is 0.900. The smallest absolute Gasteiger partial charge is 0.309 e. The van der Waals surface area contributed by atoms with Crippen molar-refractivity contribution in [3.8, 4) is 0 Å². The molecule has 0 radical (unpaired) electrons. The molecule has 1 rings (SSSR count). The fourth-order valence-electron chi connectivity index (χ4n) is 3.82. The molecule has 0 aromatic heterocycles. The lowest BCUT2D eigenvalue weighted by Crippen LogP contribution is -2.36. The molecular weight excluding hydrogens is 304 g/mol. The predicted molar refractivity (Wildman–Crippen MR) is 95.5 cm³/mol. The molecule has 0 spiro atoms. The summed E-state index contributed by atoms with van der Waals surface area (Å²) in [6, 6.07) is 0. The van der Waals surface area contributed by atoms with E-state index in [0.717, 1.165) is 25.7 Å². The van der Waals surface area contributed by atoms with E-state index in [1.807, 2.05) is 0 Å². The Labute approximate surface area is 147 Å². The van der Waals surface area contributed by atoms with Crippen molar-refractivity contribution in [2.24, 2.45) is 23.7 Å². The lowest BCUT2D eigenvalue weighted by Gasteiger charge is -2.36. The van der Waals surface area contributed by atoms with Gasteiger partial charge >= 0.3 is 11.9 Å². The summed E-state index contributed by atoms with van der Waals surface area (Å²) in [5, 5.41) is 0. The number of hydrogen-bond donors (Lipinski definition) is 0. The van der Waals surface area contributed by atoms with Crippen molar-refractivity contribution in [1.29, 1.82) is 0 Å². The molecule has 0 aromatic carbocycles. The van der Waals surface area contributed by atoms with Crippen LogP contribution in [0.2, 0.25) is 0 Å². The van der Waals surface area contributed by atoms with E-state index < -0.39 is 0 Å². The maximum absolute atomic E-state index is 12.8. The number of ether oxygens (including phenoxy) is 2. The quantitative estimate of drug-likeness (QED) is 0.568. The van der Waals surface area contributed by atoms with E-state index in [9.17, 15) is 9.59 Å². The first-order chi connectivity index (χ1) is 11.4. The van der Waals surface area contributed by atoms with Crippen molar-refractivity contribution in [2.75, 3.05) is 6.61 Å². The summed E-state index contributed by atoms with van der Waals surface area (Å²) < 4.78 is 10.8. The van der Waals surface area contributed by atoms with E-state index in [1.54, 1.807) is 6.92 Å². The van der Waals surface area contributed by atoms with Gasteiger partial charge in [0.1, 0.15) is 6.10 Å². The second kappa shape index (κ2) is 10.7. The van der Waals surface area contributed by atoms with Crippen LogP contribution >= 0.6 is 0 Å². The normalized spacial score (nSPS) is 25.3. The van der Waals surface area contributed by atoms with Crippen molar-refractivity contribution < 1.29 is 19.1 Å². The standard InChI is InChI=1S/C20H36O4/c1-6-8-16(10-12-19(21)23-7-2)24-20(22)18-13-15(5)9-11-17(18)14(3)4/h14-18H,6-13H2,1-5H3. The van der Waals surface area contributed by atoms with Crippen molar-refractivity contribution in [1.82, 2.24) is 0 Å². The van der Waals surface area contributed by atoms with E-state index >= 15 is 0 Å². The predicted octanol–water partition coefficient (Wildman–Crippen LogP) is 4.75. The van der Waals surface area contributed by atoms with Crippen molar-refractivity contribution >= 4 is 11.9 Å². The second-order valence-corrected chi connectivity index (χ2v) is 7.62. The lowest BCUT2D eigenvalue weighted by molar-refractivity contribution is -0.161. The maximum atomic E-state index is 12.8. The first-order valence-corrected chi connectivity index (χ1v) is 9.75. The number of carbonyl (C=O) groups is 2. The van der Waals surface area contributed by atoms with Crippen LogP contribution in [0.15, 0.2) is 0 Å². The molecule has 0 amide bonds. The van der Waals surface area contributed by atoms with Gasteiger partial charge in [0.05, 0.1) is 12.5 Å². The van der Waals surface area contributed by atoms with Crippen LogP contribution in [0.25, 0.3) is 0 Å². The topological polar surface area (TPSA) is 52.6 Å². The zero-order valence-electron chi connectivity index (χ0n) is 16.2. The summed E-state index contributed by atoms with van der Waals surface area (Å²) in [6.45, 7) is 10.9. The molecule has 4 heteroatoms. The van der Waals surface area contributed by atoms with Gasteiger partial charge in [-0.2, -0.15) is 0 Å². The zero-order chi connectivity index (χ0) is 18.1. The third-order valence-corrected chi connectivity index (χ3v) is 5.19. The molecule has 140 valence electrons. The van der Waals surface area contributed by atoms with Gasteiger partial charge in [-0.05, 0) is 50.4 Å². The monoisotopic (exact) mass is 340 g/mol. The van der Waals surface area contributed by atoms with Crippen LogP contribution in [0.4, 0.5) is 0 Å². The number of esters is 2. The fourth-order valence-corrected chi connectivity index (χ4v) is 3.82. The Balaban J connectivity index is 2.62. The van der Waals surface area contributed by atoms with Gasteiger partial charge in [-0.15, -0.1) is 0 Å². The highest BCUT2D eigenvalue weighted by Gasteiger charge is 2.37. The van der Waals surface area contributed by atoms with E-state index in [0.29, 0.717) is 37.2 Å². The van der Waals surface area contributed by atoms with Gasteiger partial charge in [0.15, 0.2) is 0 Å². The van der Waals surface area contributed by atoms with Gasteiger partial charge in [-0.25, -0.2) is 0 Å². The molecule has 1 aliphatic rings. The Morgan fingerprint density at radius 3 is 2.42 bits per heavy atom. The molecule has 0 aliphatic heterocycles. The Bertz CT molecular complexity index is 391. The first kappa shape index (κ1) is 21.0. The molecule has 0 aromatic rings. The van der Waals surface area contributed by atoms with E-state index in [4.69, 9.17) is 9.47 Å². The summed E-state index contributed by atoms with van der Waals surface area (Å²) in [6.07, 6.45) is 5.70. The van der Waals surface area contributed by atoms with E-state index in [-0.39, 0.29) is 24.0 Å². The zero-order valence-corrected chi connectivity index (χ0v) is 16.2. The second-order valence-electron chi connectivity index (χ2n) is 7.62. The number of rotatable bonds is 9. The Kier molecular flexibility index (Phi) is 9.38. The van der Waals surface area contributed by atoms with Crippen LogP contribution in [-0.2, 0) is 19.1 Å². The van der Waals surface area contributed by atoms with Crippen LogP contribution in [0.1, 0.15) is 79.6 Å². The van der Waals surface area contributed by atoms with Crippen LogP contribution in [0.5, 0.6) is 0 Å². The van der Waals surface area contributed by atoms with Gasteiger partial charge in [-0.1, -0.05) is 40.5 Å². The number of carbonyl (C=O) groups excluding carboxylic acids is 2. The van der Waals surface area contributed by atoms with Gasteiger partial charge in [0, 0.05) is 6.42 Å². The summed E-state index contributed by atoms with van der Waals surface area (Å²) in [5.74, 6) is 1.25. The third-order valence-electron chi connectivity index (χ3n) is 5.19. The van der Waals surface area contributed by atoms with E-state index in [2.05, 4.69) is 27.7 Å². The molecule has 4 nitrogen and oxygen atoms in total. The molecule has 1 aliphatic carbocycles. The van der Waals surface area contributed by atoms with Crippen LogP contribution in [-0.4, -0.2) is 24.6 Å². The highest BCUT2D eigenvalue weighted by Crippen LogP contribution is 2.39. The Morgan fingerprint density at radius 1 is 1.12 bits per heavy atom. The summed E-state index contributed by atoms with van der Waals surface area (Å²) >= 11 is 0. The summed E-state index contributed by atoms with van der Waals surface area (Å²) in [5.41, 5.74) is 0. The minimum Gasteiger partial charge on any atom is -0.466 e. The molecule has 4 unspecified atom stereocenters. The highest BCUT2D eigenvalue weighted by molar-refractivity contribution is 5.73. The molecule has 0 N–H and O–H groups in total. The largest absolute Gasteiger partial charge is 0.466 e.